The molecule has 2 aromatic rings. The molecule has 0 aromatic heterocycles. The first kappa shape index (κ1) is 15.5. The molecule has 1 fully saturated rings. The summed E-state index contributed by atoms with van der Waals surface area (Å²) in [6.45, 7) is 9.22. The fraction of sp³-hybridized carbons (Fsp3) is 0.500. The van der Waals surface area contributed by atoms with Gasteiger partial charge in [0.15, 0.2) is 0 Å². The Morgan fingerprint density at radius 3 is 2.41 bits per heavy atom. The molecule has 1 saturated heterocycles. The number of hydrogen-bond acceptors (Lipinski definition) is 2. The predicted octanol–water partition coefficient (Wildman–Crippen LogP) is 4.22. The van der Waals surface area contributed by atoms with Crippen molar-refractivity contribution in [1.29, 1.82) is 0 Å². The number of piperazine rings is 1. The molecule has 2 heteroatoms. The van der Waals surface area contributed by atoms with Gasteiger partial charge in [0, 0.05) is 32.2 Å². The smallest absolute Gasteiger partial charge is 0.0349 e. The zero-order valence-corrected chi connectivity index (χ0v) is 13.9. The molecule has 0 radical (unpaired) electrons. The van der Waals surface area contributed by atoms with E-state index in [2.05, 4.69) is 66.5 Å². The van der Waals surface area contributed by atoms with Crippen LogP contribution in [0.5, 0.6) is 0 Å². The Hall–Kier alpha value is -1.38. The first-order valence-electron chi connectivity index (χ1n) is 8.67. The van der Waals surface area contributed by atoms with E-state index in [4.69, 9.17) is 0 Å². The lowest BCUT2D eigenvalue weighted by molar-refractivity contribution is 0.160. The van der Waals surface area contributed by atoms with Crippen LogP contribution >= 0.6 is 0 Å². The van der Waals surface area contributed by atoms with Gasteiger partial charge in [-0.2, -0.15) is 0 Å². The third-order valence-corrected chi connectivity index (χ3v) is 4.77. The summed E-state index contributed by atoms with van der Waals surface area (Å²) in [5.41, 5.74) is 1.49. The van der Waals surface area contributed by atoms with Crippen LogP contribution in [0.25, 0.3) is 10.8 Å². The predicted molar refractivity (Wildman–Crippen MR) is 95.2 cm³/mol. The molecular weight excluding hydrogens is 268 g/mol. The highest BCUT2D eigenvalue weighted by molar-refractivity contribution is 5.83. The van der Waals surface area contributed by atoms with Gasteiger partial charge < -0.3 is 5.32 Å². The Bertz CT molecular complexity index is 599. The molecule has 1 N–H and O–H groups in total. The molecule has 0 amide bonds. The zero-order chi connectivity index (χ0) is 15.4. The van der Waals surface area contributed by atoms with Crippen LogP contribution in [0.4, 0.5) is 0 Å². The Kier molecular flexibility index (Phi) is 5.12. The Labute approximate surface area is 134 Å². The van der Waals surface area contributed by atoms with Crippen LogP contribution in [0.2, 0.25) is 0 Å². The highest BCUT2D eigenvalue weighted by Gasteiger charge is 2.22. The summed E-state index contributed by atoms with van der Waals surface area (Å²) in [5, 5.41) is 6.18. The van der Waals surface area contributed by atoms with E-state index in [9.17, 15) is 0 Å². The van der Waals surface area contributed by atoms with Crippen molar-refractivity contribution in [2.24, 2.45) is 5.92 Å². The Balaban J connectivity index is 1.87. The highest BCUT2D eigenvalue weighted by Crippen LogP contribution is 2.30. The molecule has 2 nitrogen and oxygen atoms in total. The standard InChI is InChI=1S/C20H28N2/c1-16(2)7-10-20(22-13-11-21-12-14-22)19-9-8-17-5-3-4-6-18(17)15-19/h3-6,8-9,15-16,20-21H,7,10-14H2,1-2H3/t20-/m1/s1. The number of nitrogens with one attached hydrogen (secondary N) is 1. The average molecular weight is 296 g/mol. The molecular formula is C20H28N2. The first-order valence-corrected chi connectivity index (χ1v) is 8.67. The summed E-state index contributed by atoms with van der Waals surface area (Å²) >= 11 is 0. The lowest BCUT2D eigenvalue weighted by Crippen LogP contribution is -2.45. The molecule has 0 unspecified atom stereocenters. The van der Waals surface area contributed by atoms with Crippen molar-refractivity contribution < 1.29 is 0 Å². The molecule has 3 rings (SSSR count). The lowest BCUT2D eigenvalue weighted by Gasteiger charge is -2.36. The average Bonchev–Trinajstić information content (AvgIpc) is 2.55. The fourth-order valence-corrected chi connectivity index (χ4v) is 3.46. The van der Waals surface area contributed by atoms with Crippen LogP contribution in [-0.4, -0.2) is 31.1 Å². The van der Waals surface area contributed by atoms with Gasteiger partial charge in [-0.25, -0.2) is 0 Å². The molecule has 1 aliphatic rings. The highest BCUT2D eigenvalue weighted by atomic mass is 15.2. The van der Waals surface area contributed by atoms with Gasteiger partial charge in [-0.05, 0) is 41.2 Å². The summed E-state index contributed by atoms with van der Waals surface area (Å²) in [6, 6.07) is 16.3. The molecule has 0 saturated carbocycles. The van der Waals surface area contributed by atoms with E-state index in [1.54, 1.807) is 0 Å². The molecule has 1 atom stereocenters. The Morgan fingerprint density at radius 1 is 0.955 bits per heavy atom. The van der Waals surface area contributed by atoms with Crippen LogP contribution in [0.3, 0.4) is 0 Å². The van der Waals surface area contributed by atoms with Crippen molar-refractivity contribution >= 4 is 10.8 Å². The zero-order valence-electron chi connectivity index (χ0n) is 13.9. The van der Waals surface area contributed by atoms with E-state index in [1.807, 2.05) is 0 Å². The van der Waals surface area contributed by atoms with Crippen molar-refractivity contribution in [3.63, 3.8) is 0 Å². The summed E-state index contributed by atoms with van der Waals surface area (Å²) in [7, 11) is 0. The van der Waals surface area contributed by atoms with Crippen molar-refractivity contribution in [3.8, 4) is 0 Å². The topological polar surface area (TPSA) is 15.3 Å². The monoisotopic (exact) mass is 296 g/mol. The van der Waals surface area contributed by atoms with Crippen LogP contribution in [0.15, 0.2) is 42.5 Å². The fourth-order valence-electron chi connectivity index (χ4n) is 3.46. The minimum absolute atomic E-state index is 0.564. The minimum atomic E-state index is 0.564. The van der Waals surface area contributed by atoms with Gasteiger partial charge in [0.25, 0.3) is 0 Å². The van der Waals surface area contributed by atoms with Crippen molar-refractivity contribution in [3.05, 3.63) is 48.0 Å². The minimum Gasteiger partial charge on any atom is -0.314 e. The van der Waals surface area contributed by atoms with Crippen LogP contribution in [-0.2, 0) is 0 Å². The molecule has 0 aliphatic carbocycles. The van der Waals surface area contributed by atoms with Gasteiger partial charge in [0.2, 0.25) is 0 Å². The summed E-state index contributed by atoms with van der Waals surface area (Å²) in [6.07, 6.45) is 2.55. The summed E-state index contributed by atoms with van der Waals surface area (Å²) in [4.78, 5) is 2.67. The van der Waals surface area contributed by atoms with E-state index in [0.29, 0.717) is 6.04 Å². The number of hydrogen-bond donors (Lipinski definition) is 1. The lowest BCUT2D eigenvalue weighted by atomic mass is 9.94. The van der Waals surface area contributed by atoms with E-state index in [1.165, 1.54) is 29.2 Å². The van der Waals surface area contributed by atoms with Crippen molar-refractivity contribution in [1.82, 2.24) is 10.2 Å². The van der Waals surface area contributed by atoms with E-state index < -0.39 is 0 Å². The second-order valence-corrected chi connectivity index (χ2v) is 6.88. The largest absolute Gasteiger partial charge is 0.314 e. The van der Waals surface area contributed by atoms with Gasteiger partial charge in [-0.1, -0.05) is 50.2 Å². The second kappa shape index (κ2) is 7.26. The Morgan fingerprint density at radius 2 is 1.68 bits per heavy atom. The number of benzene rings is 2. The van der Waals surface area contributed by atoms with Gasteiger partial charge in [0.1, 0.15) is 0 Å². The van der Waals surface area contributed by atoms with Gasteiger partial charge in [-0.3, -0.25) is 4.90 Å². The third kappa shape index (κ3) is 3.68. The van der Waals surface area contributed by atoms with Crippen LogP contribution in [0, 0.1) is 5.92 Å². The molecule has 1 aliphatic heterocycles. The summed E-state index contributed by atoms with van der Waals surface area (Å²) in [5.74, 6) is 0.769. The molecule has 1 heterocycles. The first-order chi connectivity index (χ1) is 10.7. The molecule has 0 bridgehead atoms. The van der Waals surface area contributed by atoms with Crippen molar-refractivity contribution in [2.75, 3.05) is 26.2 Å². The number of nitrogens with zero attached hydrogens (tertiary/aromatic N) is 1. The maximum Gasteiger partial charge on any atom is 0.0349 e. The van der Waals surface area contributed by atoms with E-state index in [-0.39, 0.29) is 0 Å². The van der Waals surface area contributed by atoms with E-state index in [0.717, 1.165) is 32.1 Å². The number of rotatable bonds is 5. The van der Waals surface area contributed by atoms with E-state index >= 15 is 0 Å². The van der Waals surface area contributed by atoms with Gasteiger partial charge in [0.05, 0.1) is 0 Å². The maximum absolute atomic E-state index is 3.47. The molecule has 118 valence electrons. The maximum atomic E-state index is 3.47. The third-order valence-electron chi connectivity index (χ3n) is 4.77. The number of fused-ring (bicyclic) bond motifs is 1. The van der Waals surface area contributed by atoms with Crippen LogP contribution in [0.1, 0.15) is 38.3 Å². The van der Waals surface area contributed by atoms with Crippen LogP contribution < -0.4 is 5.32 Å². The van der Waals surface area contributed by atoms with Crippen molar-refractivity contribution in [2.45, 2.75) is 32.7 Å². The molecule has 0 spiro atoms. The normalized spacial score (nSPS) is 18.0. The second-order valence-electron chi connectivity index (χ2n) is 6.88. The van der Waals surface area contributed by atoms with Gasteiger partial charge >= 0.3 is 0 Å². The molecule has 2 aromatic carbocycles. The quantitative estimate of drug-likeness (QED) is 0.888. The SMILES string of the molecule is CC(C)CC[C@H](c1ccc2ccccc2c1)N1CCNCC1. The summed E-state index contributed by atoms with van der Waals surface area (Å²) < 4.78 is 0. The van der Waals surface area contributed by atoms with Gasteiger partial charge in [-0.15, -0.1) is 0 Å². The molecule has 22 heavy (non-hydrogen) atoms.